The molecule has 1 amide bonds. The third-order valence-corrected chi connectivity index (χ3v) is 4.60. The molecule has 0 spiro atoms. The van der Waals surface area contributed by atoms with Gasteiger partial charge in [-0.1, -0.05) is 18.2 Å². The van der Waals surface area contributed by atoms with Crippen molar-refractivity contribution in [3.05, 3.63) is 42.3 Å². The van der Waals surface area contributed by atoms with E-state index in [2.05, 4.69) is 15.6 Å². The monoisotopic (exact) mass is 353 g/mol. The fraction of sp³-hybridized carbons (Fsp3) is 0.375. The van der Waals surface area contributed by atoms with Crippen LogP contribution < -0.4 is 10.6 Å². The number of hydrogen-bond acceptors (Lipinski definition) is 5. The lowest BCUT2D eigenvalue weighted by molar-refractivity contribution is -0.121. The Bertz CT molecular complexity index is 615. The van der Waals surface area contributed by atoms with E-state index in [1.165, 1.54) is 0 Å². The van der Waals surface area contributed by atoms with Crippen LogP contribution in [-0.2, 0) is 11.3 Å². The van der Waals surface area contributed by atoms with Gasteiger partial charge in [-0.2, -0.15) is 11.8 Å². The van der Waals surface area contributed by atoms with Gasteiger partial charge in [-0.05, 0) is 12.1 Å². The predicted molar refractivity (Wildman–Crippen MR) is 94.8 cm³/mol. The molecular formula is C16H20ClN3O2S. The number of benzene rings is 1. The summed E-state index contributed by atoms with van der Waals surface area (Å²) in [4.78, 5) is 16.3. The van der Waals surface area contributed by atoms with E-state index in [-0.39, 0.29) is 24.4 Å². The molecule has 2 heterocycles. The Hall–Kier alpha value is -1.50. The van der Waals surface area contributed by atoms with E-state index in [1.807, 2.05) is 42.1 Å². The molecule has 3 rings (SSSR count). The minimum Gasteiger partial charge on any atom is -0.444 e. The predicted octanol–water partition coefficient (Wildman–Crippen LogP) is 2.47. The summed E-state index contributed by atoms with van der Waals surface area (Å²) in [5.41, 5.74) is 1.67. The largest absolute Gasteiger partial charge is 0.444 e. The van der Waals surface area contributed by atoms with E-state index in [9.17, 15) is 4.79 Å². The maximum absolute atomic E-state index is 11.9. The van der Waals surface area contributed by atoms with E-state index in [0.29, 0.717) is 18.9 Å². The van der Waals surface area contributed by atoms with Crippen molar-refractivity contribution in [1.82, 2.24) is 15.6 Å². The van der Waals surface area contributed by atoms with Gasteiger partial charge >= 0.3 is 0 Å². The molecule has 0 radical (unpaired) electrons. The van der Waals surface area contributed by atoms with Gasteiger partial charge < -0.3 is 15.1 Å². The van der Waals surface area contributed by atoms with E-state index in [0.717, 1.165) is 29.3 Å². The van der Waals surface area contributed by atoms with Crippen LogP contribution in [0.5, 0.6) is 0 Å². The number of nitrogens with one attached hydrogen (secondary N) is 2. The Kier molecular flexibility index (Phi) is 6.95. The zero-order chi connectivity index (χ0) is 15.2. The molecule has 0 saturated carbocycles. The summed E-state index contributed by atoms with van der Waals surface area (Å²) in [7, 11) is 0. The molecule has 1 fully saturated rings. The van der Waals surface area contributed by atoms with Crippen molar-refractivity contribution in [3.8, 4) is 11.5 Å². The fourth-order valence-corrected chi connectivity index (χ4v) is 3.29. The SMILES string of the molecule is Cl.O=C(CC1CSCCN1)NCc1coc(-c2ccccc2)n1. The highest BCUT2D eigenvalue weighted by molar-refractivity contribution is 7.99. The normalized spacial score (nSPS) is 17.3. The summed E-state index contributed by atoms with van der Waals surface area (Å²) < 4.78 is 5.45. The summed E-state index contributed by atoms with van der Waals surface area (Å²) in [5, 5.41) is 6.26. The molecule has 1 aliphatic heterocycles. The summed E-state index contributed by atoms with van der Waals surface area (Å²) in [6.07, 6.45) is 2.10. The van der Waals surface area contributed by atoms with Crippen LogP contribution in [0.15, 0.2) is 41.0 Å². The molecule has 0 aliphatic carbocycles. The van der Waals surface area contributed by atoms with Gasteiger partial charge in [0.2, 0.25) is 11.8 Å². The van der Waals surface area contributed by atoms with Crippen molar-refractivity contribution in [2.75, 3.05) is 18.1 Å². The lowest BCUT2D eigenvalue weighted by Gasteiger charge is -2.22. The van der Waals surface area contributed by atoms with Crippen LogP contribution in [0.3, 0.4) is 0 Å². The number of carbonyl (C=O) groups excluding carboxylic acids is 1. The molecule has 0 bridgehead atoms. The smallest absolute Gasteiger partial charge is 0.226 e. The maximum atomic E-state index is 11.9. The molecule has 1 aromatic heterocycles. The van der Waals surface area contributed by atoms with Crippen molar-refractivity contribution in [3.63, 3.8) is 0 Å². The average Bonchev–Trinajstić information content (AvgIpc) is 3.04. The molecule has 1 aromatic carbocycles. The number of oxazole rings is 1. The quantitative estimate of drug-likeness (QED) is 0.864. The number of halogens is 1. The van der Waals surface area contributed by atoms with Crippen LogP contribution in [0, 0.1) is 0 Å². The van der Waals surface area contributed by atoms with Gasteiger partial charge in [0, 0.05) is 36.1 Å². The highest BCUT2D eigenvalue weighted by Gasteiger charge is 2.16. The Morgan fingerprint density at radius 1 is 1.39 bits per heavy atom. The second kappa shape index (κ2) is 8.96. The van der Waals surface area contributed by atoms with Crippen LogP contribution in [-0.4, -0.2) is 35.0 Å². The molecule has 2 aromatic rings. The maximum Gasteiger partial charge on any atom is 0.226 e. The first-order chi connectivity index (χ1) is 10.8. The van der Waals surface area contributed by atoms with Crippen molar-refractivity contribution < 1.29 is 9.21 Å². The molecule has 124 valence electrons. The van der Waals surface area contributed by atoms with E-state index < -0.39 is 0 Å². The van der Waals surface area contributed by atoms with Crippen molar-refractivity contribution >= 4 is 30.1 Å². The summed E-state index contributed by atoms with van der Waals surface area (Å²) in [6, 6.07) is 9.99. The number of rotatable bonds is 5. The second-order valence-electron chi connectivity index (χ2n) is 5.22. The first-order valence-corrected chi connectivity index (χ1v) is 8.54. The molecule has 5 nitrogen and oxygen atoms in total. The molecule has 23 heavy (non-hydrogen) atoms. The molecule has 7 heteroatoms. The third kappa shape index (κ3) is 5.27. The number of nitrogens with zero attached hydrogens (tertiary/aromatic N) is 1. The number of hydrogen-bond donors (Lipinski definition) is 2. The number of thioether (sulfide) groups is 1. The van der Waals surface area contributed by atoms with Gasteiger partial charge in [-0.25, -0.2) is 4.98 Å². The van der Waals surface area contributed by atoms with Crippen LogP contribution in [0.25, 0.3) is 11.5 Å². The zero-order valence-corrected chi connectivity index (χ0v) is 14.3. The van der Waals surface area contributed by atoms with Crippen LogP contribution in [0.2, 0.25) is 0 Å². The Morgan fingerprint density at radius 3 is 2.96 bits per heavy atom. The highest BCUT2D eigenvalue weighted by atomic mass is 35.5. The standard InChI is InChI=1S/C16H19N3O2S.ClH/c20-15(8-13-11-22-7-6-17-13)18-9-14-10-21-16(19-14)12-4-2-1-3-5-12;/h1-5,10,13,17H,6-9,11H2,(H,18,20);1H. The molecule has 2 N–H and O–H groups in total. The van der Waals surface area contributed by atoms with Gasteiger partial charge in [0.15, 0.2) is 0 Å². The van der Waals surface area contributed by atoms with E-state index in [1.54, 1.807) is 6.26 Å². The number of aromatic nitrogens is 1. The van der Waals surface area contributed by atoms with Crippen molar-refractivity contribution in [2.24, 2.45) is 0 Å². The molecule has 1 aliphatic rings. The van der Waals surface area contributed by atoms with Crippen LogP contribution in [0.1, 0.15) is 12.1 Å². The number of carbonyl (C=O) groups is 1. The van der Waals surface area contributed by atoms with Gasteiger partial charge in [-0.15, -0.1) is 12.4 Å². The van der Waals surface area contributed by atoms with Crippen LogP contribution >= 0.6 is 24.2 Å². The molecule has 1 saturated heterocycles. The van der Waals surface area contributed by atoms with Crippen LogP contribution in [0.4, 0.5) is 0 Å². The second-order valence-corrected chi connectivity index (χ2v) is 6.37. The lowest BCUT2D eigenvalue weighted by atomic mass is 10.2. The van der Waals surface area contributed by atoms with Crippen molar-refractivity contribution in [1.29, 1.82) is 0 Å². The fourth-order valence-electron chi connectivity index (χ4n) is 2.34. The molecule has 1 atom stereocenters. The third-order valence-electron chi connectivity index (χ3n) is 3.47. The van der Waals surface area contributed by atoms with E-state index >= 15 is 0 Å². The summed E-state index contributed by atoms with van der Waals surface area (Å²) >= 11 is 1.89. The molecular weight excluding hydrogens is 334 g/mol. The van der Waals surface area contributed by atoms with Gasteiger partial charge in [-0.3, -0.25) is 4.79 Å². The van der Waals surface area contributed by atoms with E-state index in [4.69, 9.17) is 4.42 Å². The first kappa shape index (κ1) is 17.8. The van der Waals surface area contributed by atoms with Gasteiger partial charge in [0.1, 0.15) is 6.26 Å². The Labute approximate surface area is 146 Å². The lowest BCUT2D eigenvalue weighted by Crippen LogP contribution is -2.41. The first-order valence-electron chi connectivity index (χ1n) is 7.39. The minimum atomic E-state index is 0. The van der Waals surface area contributed by atoms with Crippen molar-refractivity contribution in [2.45, 2.75) is 19.0 Å². The van der Waals surface area contributed by atoms with Gasteiger partial charge in [0.05, 0.1) is 12.2 Å². The summed E-state index contributed by atoms with van der Waals surface area (Å²) in [6.45, 7) is 1.38. The minimum absolute atomic E-state index is 0. The van der Waals surface area contributed by atoms with Gasteiger partial charge in [0.25, 0.3) is 0 Å². The topological polar surface area (TPSA) is 67.2 Å². The zero-order valence-electron chi connectivity index (χ0n) is 12.7. The Morgan fingerprint density at radius 2 is 2.22 bits per heavy atom. The average molecular weight is 354 g/mol. The number of amides is 1. The summed E-state index contributed by atoms with van der Waals surface area (Å²) in [5.74, 6) is 2.74. The highest BCUT2D eigenvalue weighted by Crippen LogP contribution is 2.17. The molecule has 1 unspecified atom stereocenters. The Balaban J connectivity index is 0.00000192.